The van der Waals surface area contributed by atoms with Crippen LogP contribution < -0.4 is 10.1 Å². The van der Waals surface area contributed by atoms with E-state index in [1.165, 1.54) is 18.4 Å². The molecule has 2 aromatic rings. The van der Waals surface area contributed by atoms with E-state index in [1.807, 2.05) is 0 Å². The maximum Gasteiger partial charge on any atom is 0.341 e. The summed E-state index contributed by atoms with van der Waals surface area (Å²) in [7, 11) is 1.34. The molecule has 27 heavy (non-hydrogen) atoms. The van der Waals surface area contributed by atoms with Crippen LogP contribution in [0.3, 0.4) is 0 Å². The third-order valence-electron chi connectivity index (χ3n) is 4.52. The quantitative estimate of drug-likeness (QED) is 0.606. The van der Waals surface area contributed by atoms with E-state index in [4.69, 9.17) is 9.47 Å². The summed E-state index contributed by atoms with van der Waals surface area (Å²) in [6, 6.07) is 6.57. The van der Waals surface area contributed by atoms with Crippen molar-refractivity contribution in [3.05, 3.63) is 45.8 Å². The fourth-order valence-corrected chi connectivity index (χ4v) is 4.56. The van der Waals surface area contributed by atoms with Gasteiger partial charge in [-0.15, -0.1) is 11.3 Å². The third-order valence-corrected chi connectivity index (χ3v) is 5.69. The second kappa shape index (κ2) is 8.35. The molecule has 1 aliphatic rings. The number of hydrogen-bond donors (Lipinski definition) is 1. The van der Waals surface area contributed by atoms with E-state index < -0.39 is 5.97 Å². The number of thiophene rings is 1. The minimum atomic E-state index is -0.433. The molecule has 3 rings (SSSR count). The molecule has 6 nitrogen and oxygen atoms in total. The molecule has 1 aromatic heterocycles. The first kappa shape index (κ1) is 19.1. The average molecular weight is 387 g/mol. The Kier molecular flexibility index (Phi) is 5.91. The molecule has 1 amide bonds. The van der Waals surface area contributed by atoms with Gasteiger partial charge in [-0.05, 0) is 42.9 Å². The van der Waals surface area contributed by atoms with Gasteiger partial charge in [0.1, 0.15) is 17.0 Å². The zero-order chi connectivity index (χ0) is 19.4. The summed E-state index contributed by atoms with van der Waals surface area (Å²) < 4.78 is 10.4. The zero-order valence-corrected chi connectivity index (χ0v) is 16.1. The second-order valence-corrected chi connectivity index (χ2v) is 7.68. The van der Waals surface area contributed by atoms with Crippen LogP contribution in [0, 0.1) is 5.92 Å². The number of nitrogens with one attached hydrogen (secondary N) is 1. The van der Waals surface area contributed by atoms with Crippen LogP contribution in [-0.2, 0) is 22.4 Å². The topological polar surface area (TPSA) is 81.7 Å². The molecule has 1 aromatic carbocycles. The molecule has 0 saturated carbocycles. The van der Waals surface area contributed by atoms with Crippen LogP contribution in [0.4, 0.5) is 5.00 Å². The van der Waals surface area contributed by atoms with Gasteiger partial charge in [0.2, 0.25) is 0 Å². The molecular formula is C20H21NO5S. The minimum Gasteiger partial charge on any atom is -0.484 e. The van der Waals surface area contributed by atoms with Crippen molar-refractivity contribution in [1.82, 2.24) is 0 Å². The van der Waals surface area contributed by atoms with E-state index in [1.54, 1.807) is 24.3 Å². The Balaban J connectivity index is 1.73. The summed E-state index contributed by atoms with van der Waals surface area (Å²) >= 11 is 1.43. The predicted octanol–water partition coefficient (Wildman–Crippen LogP) is 3.49. The van der Waals surface area contributed by atoms with Crippen molar-refractivity contribution >= 4 is 34.5 Å². The van der Waals surface area contributed by atoms with E-state index in [2.05, 4.69) is 12.2 Å². The summed E-state index contributed by atoms with van der Waals surface area (Å²) in [5, 5.41) is 3.29. The number of ether oxygens (including phenoxy) is 2. The minimum absolute atomic E-state index is 0.220. The standard InChI is InChI=1S/C20H21NO5S/c1-12-6-7-15-16(8-12)27-19(18(15)20(24)25-2)21-17(23)11-26-14-5-3-4-13(9-14)10-22/h3-5,9-10,12H,6-8,11H2,1-2H3,(H,21,23)/t12-/m1/s1. The molecular weight excluding hydrogens is 366 g/mol. The van der Waals surface area contributed by atoms with E-state index in [0.717, 1.165) is 29.7 Å². The van der Waals surface area contributed by atoms with Gasteiger partial charge in [0.05, 0.1) is 12.7 Å². The Morgan fingerprint density at radius 2 is 2.19 bits per heavy atom. The molecule has 0 aliphatic heterocycles. The lowest BCUT2D eigenvalue weighted by Crippen LogP contribution is -2.21. The van der Waals surface area contributed by atoms with Crippen molar-refractivity contribution in [3.63, 3.8) is 0 Å². The SMILES string of the molecule is COC(=O)c1c(NC(=O)COc2cccc(C=O)c2)sc2c1CC[C@@H](C)C2. The first-order valence-corrected chi connectivity index (χ1v) is 9.54. The number of fused-ring (bicyclic) bond motifs is 1. The molecule has 1 aliphatic carbocycles. The van der Waals surface area contributed by atoms with Crippen LogP contribution in [-0.4, -0.2) is 31.9 Å². The molecule has 7 heteroatoms. The molecule has 0 saturated heterocycles. The monoisotopic (exact) mass is 387 g/mol. The largest absolute Gasteiger partial charge is 0.484 e. The van der Waals surface area contributed by atoms with E-state index in [-0.39, 0.29) is 12.5 Å². The maximum atomic E-state index is 12.3. The van der Waals surface area contributed by atoms with Crippen molar-refractivity contribution < 1.29 is 23.9 Å². The highest BCUT2D eigenvalue weighted by molar-refractivity contribution is 7.17. The van der Waals surface area contributed by atoms with Crippen LogP contribution in [0.5, 0.6) is 5.75 Å². The smallest absolute Gasteiger partial charge is 0.341 e. The summed E-state index contributed by atoms with van der Waals surface area (Å²) in [5.41, 5.74) is 1.92. The van der Waals surface area contributed by atoms with E-state index in [0.29, 0.717) is 34.1 Å². The van der Waals surface area contributed by atoms with Crippen molar-refractivity contribution in [2.75, 3.05) is 19.0 Å². The van der Waals surface area contributed by atoms with Crippen LogP contribution in [0.25, 0.3) is 0 Å². The van der Waals surface area contributed by atoms with Gasteiger partial charge in [-0.2, -0.15) is 0 Å². The Hall–Kier alpha value is -2.67. The lowest BCUT2D eigenvalue weighted by molar-refractivity contribution is -0.118. The number of carbonyl (C=O) groups excluding carboxylic acids is 3. The molecule has 0 unspecified atom stereocenters. The lowest BCUT2D eigenvalue weighted by atomic mass is 9.88. The first-order chi connectivity index (χ1) is 13.0. The van der Waals surface area contributed by atoms with Crippen LogP contribution in [0.15, 0.2) is 24.3 Å². The van der Waals surface area contributed by atoms with Gasteiger partial charge in [-0.3, -0.25) is 9.59 Å². The molecule has 0 fully saturated rings. The average Bonchev–Trinajstić information content (AvgIpc) is 3.02. The highest BCUT2D eigenvalue weighted by Crippen LogP contribution is 2.40. The van der Waals surface area contributed by atoms with Gasteiger partial charge in [0, 0.05) is 10.4 Å². The number of aldehydes is 1. The molecule has 0 bridgehead atoms. The molecule has 1 atom stereocenters. The Bertz CT molecular complexity index is 873. The Labute approximate surface area is 161 Å². The van der Waals surface area contributed by atoms with Crippen LogP contribution in [0.1, 0.15) is 44.5 Å². The number of benzene rings is 1. The summed E-state index contributed by atoms with van der Waals surface area (Å²) in [6.45, 7) is 1.96. The van der Waals surface area contributed by atoms with Gasteiger partial charge in [0.25, 0.3) is 5.91 Å². The fraction of sp³-hybridized carbons (Fsp3) is 0.350. The number of hydrogen-bond acceptors (Lipinski definition) is 6. The van der Waals surface area contributed by atoms with E-state index in [9.17, 15) is 14.4 Å². The number of amides is 1. The summed E-state index contributed by atoms with van der Waals surface area (Å²) in [5.74, 6) is 0.182. The third kappa shape index (κ3) is 4.36. The highest BCUT2D eigenvalue weighted by atomic mass is 32.1. The Morgan fingerprint density at radius 3 is 2.93 bits per heavy atom. The van der Waals surface area contributed by atoms with Gasteiger partial charge in [-0.1, -0.05) is 19.1 Å². The van der Waals surface area contributed by atoms with Crippen molar-refractivity contribution in [2.24, 2.45) is 5.92 Å². The number of rotatable bonds is 6. The number of anilines is 1. The molecule has 1 heterocycles. The summed E-state index contributed by atoms with van der Waals surface area (Å²) in [6.07, 6.45) is 3.43. The van der Waals surface area contributed by atoms with Gasteiger partial charge < -0.3 is 14.8 Å². The lowest BCUT2D eigenvalue weighted by Gasteiger charge is -2.18. The number of esters is 1. The number of methoxy groups -OCH3 is 1. The normalized spacial score (nSPS) is 15.6. The van der Waals surface area contributed by atoms with Crippen LogP contribution in [0.2, 0.25) is 0 Å². The van der Waals surface area contributed by atoms with Crippen molar-refractivity contribution in [2.45, 2.75) is 26.2 Å². The van der Waals surface area contributed by atoms with Crippen molar-refractivity contribution in [3.8, 4) is 5.75 Å². The van der Waals surface area contributed by atoms with Gasteiger partial charge >= 0.3 is 5.97 Å². The second-order valence-electron chi connectivity index (χ2n) is 6.57. The van der Waals surface area contributed by atoms with Crippen LogP contribution >= 0.6 is 11.3 Å². The highest BCUT2D eigenvalue weighted by Gasteiger charge is 2.28. The first-order valence-electron chi connectivity index (χ1n) is 8.72. The molecule has 0 spiro atoms. The van der Waals surface area contributed by atoms with E-state index >= 15 is 0 Å². The van der Waals surface area contributed by atoms with Crippen molar-refractivity contribution in [1.29, 1.82) is 0 Å². The van der Waals surface area contributed by atoms with Gasteiger partial charge in [0.15, 0.2) is 6.61 Å². The zero-order valence-electron chi connectivity index (χ0n) is 15.2. The fourth-order valence-electron chi connectivity index (χ4n) is 3.15. The molecule has 1 N–H and O–H groups in total. The molecule has 0 radical (unpaired) electrons. The van der Waals surface area contributed by atoms with Gasteiger partial charge in [-0.25, -0.2) is 4.79 Å². The maximum absolute atomic E-state index is 12.3. The molecule has 142 valence electrons. The number of carbonyl (C=O) groups is 3. The predicted molar refractivity (Wildman–Crippen MR) is 103 cm³/mol. The summed E-state index contributed by atoms with van der Waals surface area (Å²) in [4.78, 5) is 36.5. The Morgan fingerprint density at radius 1 is 1.37 bits per heavy atom.